The van der Waals surface area contributed by atoms with Gasteiger partial charge < -0.3 is 14.7 Å². The molecule has 4 rings (SSSR count). The third-order valence-electron chi connectivity index (χ3n) is 5.18. The molecule has 0 amide bonds. The van der Waals surface area contributed by atoms with Gasteiger partial charge in [0, 0.05) is 23.7 Å². The molecule has 184 valence electrons. The van der Waals surface area contributed by atoms with Crippen LogP contribution in [0, 0.1) is 17.9 Å². The quantitative estimate of drug-likeness (QED) is 0.248. The highest BCUT2D eigenvalue weighted by atomic mass is 32.2. The van der Waals surface area contributed by atoms with Crippen molar-refractivity contribution in [2.45, 2.75) is 22.8 Å². The van der Waals surface area contributed by atoms with Gasteiger partial charge in [-0.1, -0.05) is 18.2 Å². The van der Waals surface area contributed by atoms with Gasteiger partial charge >= 0.3 is 6.11 Å². The molecule has 0 unspecified atom stereocenters. The zero-order valence-corrected chi connectivity index (χ0v) is 19.3. The number of hydrogen-bond donors (Lipinski definition) is 1. The minimum absolute atomic E-state index is 0.0192. The summed E-state index contributed by atoms with van der Waals surface area (Å²) in [4.78, 5) is 13.2. The molecule has 2 aromatic heterocycles. The summed E-state index contributed by atoms with van der Waals surface area (Å²) in [7, 11) is 0. The molecule has 0 bridgehead atoms. The average Bonchev–Trinajstić information content (AvgIpc) is 2.86. The number of anilines is 1. The first-order chi connectivity index (χ1) is 17.2. The Morgan fingerprint density at radius 3 is 2.53 bits per heavy atom. The maximum Gasteiger partial charge on any atom is 0.421 e. The largest absolute Gasteiger partial charge is 0.431 e. The van der Waals surface area contributed by atoms with Crippen LogP contribution in [0.2, 0.25) is 0 Å². The molecule has 7 nitrogen and oxygen atoms in total. The second kappa shape index (κ2) is 10.0. The van der Waals surface area contributed by atoms with Gasteiger partial charge in [0.15, 0.2) is 0 Å². The molecule has 0 spiro atoms. The molecule has 0 atom stereocenters. The molecule has 1 saturated heterocycles. The number of aliphatic hydroxyl groups is 1. The van der Waals surface area contributed by atoms with Crippen LogP contribution in [0.15, 0.2) is 53.8 Å². The Bertz CT molecular complexity index is 1330. The maximum absolute atomic E-state index is 13.7. The molecule has 1 aliphatic rings. The normalized spacial score (nSPS) is 14.5. The van der Waals surface area contributed by atoms with Gasteiger partial charge in [-0.05, 0) is 29.3 Å². The Balaban J connectivity index is 1.80. The molecule has 1 aromatic carbocycles. The summed E-state index contributed by atoms with van der Waals surface area (Å²) in [6.45, 7) is 4.97. The smallest absolute Gasteiger partial charge is 0.421 e. The predicted octanol–water partition coefficient (Wildman–Crippen LogP) is 5.28. The van der Waals surface area contributed by atoms with Crippen molar-refractivity contribution in [1.29, 1.82) is 5.26 Å². The monoisotopic (exact) mass is 515 g/mol. The van der Waals surface area contributed by atoms with Crippen molar-refractivity contribution in [3.63, 3.8) is 0 Å². The van der Waals surface area contributed by atoms with Crippen LogP contribution in [0.5, 0.6) is 5.75 Å². The minimum atomic E-state index is -3.79. The molecule has 0 aliphatic carbocycles. The molecule has 0 radical (unpaired) electrons. The van der Waals surface area contributed by atoms with E-state index in [1.807, 2.05) is 6.07 Å². The first kappa shape index (κ1) is 25.2. The number of alkyl halides is 4. The molecular weight excluding hydrogens is 498 g/mol. The van der Waals surface area contributed by atoms with Crippen molar-refractivity contribution in [3.05, 3.63) is 71.3 Å². The number of hydrogen-bond acceptors (Lipinski definition) is 7. The van der Waals surface area contributed by atoms with E-state index in [9.17, 15) is 22.8 Å². The standard InChI is InChI=1S/C24H17F4N5O2S/c1-30-20-19(16-4-6-17(7-5-16)35-24(27,28)14-34)18(9-29)22(36-11-15-3-2-8-31-10-15)32-21(20)33-12-23(25,26)13-33/h2-8,10,34H,11-14H2. The second-order valence-electron chi connectivity index (χ2n) is 7.85. The van der Waals surface area contributed by atoms with Crippen molar-refractivity contribution in [1.82, 2.24) is 9.97 Å². The third-order valence-corrected chi connectivity index (χ3v) is 6.23. The molecular formula is C24H17F4N5O2S. The number of thioether (sulfide) groups is 1. The van der Waals surface area contributed by atoms with E-state index in [-0.39, 0.29) is 33.4 Å². The summed E-state index contributed by atoms with van der Waals surface area (Å²) in [5.41, 5.74) is 1.27. The molecule has 1 fully saturated rings. The number of aliphatic hydroxyl groups excluding tert-OH is 1. The van der Waals surface area contributed by atoms with E-state index < -0.39 is 31.7 Å². The summed E-state index contributed by atoms with van der Waals surface area (Å²) in [6.07, 6.45) is -0.531. The number of nitrogens with zero attached hydrogens (tertiary/aromatic N) is 5. The average molecular weight is 515 g/mol. The molecule has 0 saturated carbocycles. The van der Waals surface area contributed by atoms with E-state index >= 15 is 0 Å². The van der Waals surface area contributed by atoms with Crippen LogP contribution in [-0.4, -0.2) is 46.8 Å². The van der Waals surface area contributed by atoms with Crippen molar-refractivity contribution >= 4 is 23.3 Å². The lowest BCUT2D eigenvalue weighted by Crippen LogP contribution is -2.56. The van der Waals surface area contributed by atoms with Gasteiger partial charge in [0.2, 0.25) is 5.69 Å². The number of halogens is 4. The zero-order chi connectivity index (χ0) is 25.9. The van der Waals surface area contributed by atoms with Crippen molar-refractivity contribution < 1.29 is 27.4 Å². The van der Waals surface area contributed by atoms with Crippen molar-refractivity contribution in [2.24, 2.45) is 0 Å². The number of rotatable bonds is 8. The van der Waals surface area contributed by atoms with Crippen LogP contribution in [0.4, 0.5) is 29.1 Å². The van der Waals surface area contributed by atoms with Crippen LogP contribution in [0.1, 0.15) is 11.1 Å². The van der Waals surface area contributed by atoms with Gasteiger partial charge in [-0.25, -0.2) is 18.6 Å². The number of pyridine rings is 2. The first-order valence-electron chi connectivity index (χ1n) is 10.4. The second-order valence-corrected chi connectivity index (χ2v) is 8.81. The minimum Gasteiger partial charge on any atom is -0.431 e. The Hall–Kier alpha value is -3.87. The van der Waals surface area contributed by atoms with Crippen LogP contribution in [0.25, 0.3) is 16.0 Å². The molecule has 1 aliphatic heterocycles. The molecule has 3 heterocycles. The van der Waals surface area contributed by atoms with Crippen LogP contribution in [-0.2, 0) is 5.75 Å². The van der Waals surface area contributed by atoms with E-state index in [2.05, 4.69) is 25.6 Å². The summed E-state index contributed by atoms with van der Waals surface area (Å²) in [5.74, 6) is -2.77. The Labute approximate surface area is 207 Å². The first-order valence-corrected chi connectivity index (χ1v) is 11.4. The van der Waals surface area contributed by atoms with Crippen LogP contribution in [0.3, 0.4) is 0 Å². The van der Waals surface area contributed by atoms with Crippen LogP contribution >= 0.6 is 11.8 Å². The highest BCUT2D eigenvalue weighted by Gasteiger charge is 2.46. The van der Waals surface area contributed by atoms with Gasteiger partial charge in [-0.2, -0.15) is 14.0 Å². The predicted molar refractivity (Wildman–Crippen MR) is 124 cm³/mol. The maximum atomic E-state index is 13.7. The zero-order valence-electron chi connectivity index (χ0n) is 18.5. The highest BCUT2D eigenvalue weighted by molar-refractivity contribution is 7.98. The summed E-state index contributed by atoms with van der Waals surface area (Å²) < 4.78 is 58.5. The topological polar surface area (TPSA) is 86.6 Å². The molecule has 1 N–H and O–H groups in total. The molecule has 12 heteroatoms. The van der Waals surface area contributed by atoms with E-state index in [1.165, 1.54) is 40.9 Å². The van der Waals surface area contributed by atoms with Gasteiger partial charge in [0.25, 0.3) is 5.92 Å². The van der Waals surface area contributed by atoms with E-state index in [1.54, 1.807) is 18.5 Å². The summed E-state index contributed by atoms with van der Waals surface area (Å²) >= 11 is 1.19. The van der Waals surface area contributed by atoms with Gasteiger partial charge in [0.05, 0.1) is 25.2 Å². The summed E-state index contributed by atoms with van der Waals surface area (Å²) in [6, 6.07) is 10.8. The lowest BCUT2D eigenvalue weighted by atomic mass is 9.98. The molecule has 3 aromatic rings. The Morgan fingerprint density at radius 1 is 1.25 bits per heavy atom. The number of benzene rings is 1. The highest BCUT2D eigenvalue weighted by Crippen LogP contribution is 2.46. The van der Waals surface area contributed by atoms with Crippen molar-refractivity contribution in [3.8, 4) is 22.9 Å². The lowest BCUT2D eigenvalue weighted by Gasteiger charge is -2.40. The molecule has 36 heavy (non-hydrogen) atoms. The Morgan fingerprint density at radius 2 is 1.97 bits per heavy atom. The van der Waals surface area contributed by atoms with E-state index in [0.717, 1.165) is 5.56 Å². The lowest BCUT2D eigenvalue weighted by molar-refractivity contribution is -0.200. The fourth-order valence-electron chi connectivity index (χ4n) is 3.55. The number of nitriles is 1. The fourth-order valence-corrected chi connectivity index (χ4v) is 4.47. The van der Waals surface area contributed by atoms with E-state index in [0.29, 0.717) is 11.3 Å². The third kappa shape index (κ3) is 5.35. The SMILES string of the molecule is [C-]#[N+]c1c(N2CC(F)(F)C2)nc(SCc2cccnc2)c(C#N)c1-c1ccc(OC(F)(F)CO)cc1. The number of ether oxygens (including phenoxy) is 1. The summed E-state index contributed by atoms with van der Waals surface area (Å²) in [5, 5.41) is 19.0. The van der Waals surface area contributed by atoms with Gasteiger partial charge in [-0.15, -0.1) is 11.8 Å². The van der Waals surface area contributed by atoms with Gasteiger partial charge in [0.1, 0.15) is 29.3 Å². The van der Waals surface area contributed by atoms with Crippen molar-refractivity contribution in [2.75, 3.05) is 24.6 Å². The van der Waals surface area contributed by atoms with Gasteiger partial charge in [-0.3, -0.25) is 4.98 Å². The Kier molecular flexibility index (Phi) is 7.02. The number of aromatic nitrogens is 2. The fraction of sp³-hybridized carbons (Fsp3) is 0.250. The van der Waals surface area contributed by atoms with E-state index in [4.69, 9.17) is 11.7 Å². The van der Waals surface area contributed by atoms with Crippen LogP contribution < -0.4 is 9.64 Å².